The lowest BCUT2D eigenvalue weighted by Crippen LogP contribution is -2.26. The number of alkyl halides is 3. The highest BCUT2D eigenvalue weighted by Gasteiger charge is 2.30. The molecule has 0 atom stereocenters. The molecule has 4 aromatic rings. The van der Waals surface area contributed by atoms with Gasteiger partial charge in [-0.05, 0) is 48.9 Å². The number of aromatic nitrogens is 4. The van der Waals surface area contributed by atoms with Gasteiger partial charge in [0.2, 0.25) is 0 Å². The number of hydrogen-bond donors (Lipinski definition) is 0. The van der Waals surface area contributed by atoms with E-state index in [2.05, 4.69) is 10.2 Å². The van der Waals surface area contributed by atoms with Crippen LogP contribution in [0.3, 0.4) is 0 Å². The van der Waals surface area contributed by atoms with E-state index in [0.29, 0.717) is 22.3 Å². The molecule has 148 valence electrons. The monoisotopic (exact) mass is 402 g/mol. The first-order chi connectivity index (χ1) is 13.7. The summed E-state index contributed by atoms with van der Waals surface area (Å²) in [7, 11) is 0. The summed E-state index contributed by atoms with van der Waals surface area (Å²) in [6.45, 7) is 1.55. The van der Waals surface area contributed by atoms with E-state index in [9.17, 15) is 22.4 Å². The smallest absolute Gasteiger partial charge is 0.265 e. The number of halogens is 4. The van der Waals surface area contributed by atoms with Crippen molar-refractivity contribution in [3.05, 3.63) is 87.7 Å². The Morgan fingerprint density at radius 2 is 1.79 bits per heavy atom. The van der Waals surface area contributed by atoms with Gasteiger partial charge in [-0.3, -0.25) is 4.79 Å². The van der Waals surface area contributed by atoms with E-state index in [-0.39, 0.29) is 12.1 Å². The summed E-state index contributed by atoms with van der Waals surface area (Å²) in [5.74, 6) is -0.426. The molecule has 9 heteroatoms. The molecule has 0 saturated heterocycles. The first kappa shape index (κ1) is 18.9. The molecule has 2 aromatic heterocycles. The van der Waals surface area contributed by atoms with Crippen LogP contribution in [-0.2, 0) is 12.7 Å². The molecule has 0 radical (unpaired) electrons. The van der Waals surface area contributed by atoms with Gasteiger partial charge in [-0.1, -0.05) is 12.1 Å². The third kappa shape index (κ3) is 3.51. The van der Waals surface area contributed by atoms with Crippen molar-refractivity contribution in [3.63, 3.8) is 0 Å². The molecule has 0 spiro atoms. The number of nitrogens with zero attached hydrogens (tertiary/aromatic N) is 4. The molecule has 2 heterocycles. The number of aryl methyl sites for hydroxylation is 1. The molecule has 0 unspecified atom stereocenters. The van der Waals surface area contributed by atoms with E-state index in [0.717, 1.165) is 16.8 Å². The number of benzene rings is 2. The normalized spacial score (nSPS) is 11.9. The fraction of sp³-hybridized carbons (Fsp3) is 0.150. The molecule has 0 fully saturated rings. The van der Waals surface area contributed by atoms with Crippen LogP contribution in [0.5, 0.6) is 0 Å². The summed E-state index contributed by atoms with van der Waals surface area (Å²) in [5.41, 5.74) is 0.189. The Morgan fingerprint density at radius 3 is 2.48 bits per heavy atom. The molecule has 0 amide bonds. The fourth-order valence-corrected chi connectivity index (χ4v) is 3.13. The van der Waals surface area contributed by atoms with Crippen molar-refractivity contribution in [1.29, 1.82) is 0 Å². The van der Waals surface area contributed by atoms with Crippen LogP contribution in [-0.4, -0.2) is 19.6 Å². The van der Waals surface area contributed by atoms with Gasteiger partial charge >= 0.3 is 6.18 Å². The highest BCUT2D eigenvalue weighted by atomic mass is 19.4. The second kappa shape index (κ2) is 6.84. The molecular formula is C20H14F4N4O. The Hall–Kier alpha value is -3.49. The van der Waals surface area contributed by atoms with Gasteiger partial charge < -0.3 is 0 Å². The predicted molar refractivity (Wildman–Crippen MR) is 98.4 cm³/mol. The van der Waals surface area contributed by atoms with Crippen LogP contribution >= 0.6 is 0 Å². The number of rotatable bonds is 3. The number of fused-ring (bicyclic) bond motifs is 1. The summed E-state index contributed by atoms with van der Waals surface area (Å²) in [5, 5.41) is 8.94. The zero-order valence-electron chi connectivity index (χ0n) is 15.1. The van der Waals surface area contributed by atoms with Crippen molar-refractivity contribution < 1.29 is 17.6 Å². The second-order valence-corrected chi connectivity index (χ2v) is 6.54. The maximum Gasteiger partial charge on any atom is 0.416 e. The van der Waals surface area contributed by atoms with Gasteiger partial charge in [-0.25, -0.2) is 13.8 Å². The third-order valence-corrected chi connectivity index (χ3v) is 4.52. The number of hydrogen-bond acceptors (Lipinski definition) is 3. The van der Waals surface area contributed by atoms with Crippen LogP contribution in [0.25, 0.3) is 16.6 Å². The first-order valence-electron chi connectivity index (χ1n) is 8.61. The Bertz CT molecular complexity index is 1260. The first-order valence-corrected chi connectivity index (χ1v) is 8.61. The molecule has 0 N–H and O–H groups in total. The largest absolute Gasteiger partial charge is 0.416 e. The maximum atomic E-state index is 13.2. The van der Waals surface area contributed by atoms with Crippen LogP contribution in [0.1, 0.15) is 16.8 Å². The van der Waals surface area contributed by atoms with E-state index in [1.54, 1.807) is 6.92 Å². The molecule has 2 aromatic carbocycles. The summed E-state index contributed by atoms with van der Waals surface area (Å²) in [4.78, 5) is 13.0. The van der Waals surface area contributed by atoms with Crippen LogP contribution in [0.2, 0.25) is 0 Å². The fourth-order valence-electron chi connectivity index (χ4n) is 3.13. The molecule has 29 heavy (non-hydrogen) atoms. The van der Waals surface area contributed by atoms with Crippen molar-refractivity contribution in [1.82, 2.24) is 19.6 Å². The minimum atomic E-state index is -4.48. The van der Waals surface area contributed by atoms with Crippen molar-refractivity contribution in [3.8, 4) is 5.69 Å². The Labute approximate surface area is 161 Å². The average Bonchev–Trinajstić information content (AvgIpc) is 3.12. The van der Waals surface area contributed by atoms with E-state index < -0.39 is 23.1 Å². The van der Waals surface area contributed by atoms with Gasteiger partial charge in [0.1, 0.15) is 11.3 Å². The standard InChI is InChI=1S/C20H14F4N4O/c1-12-17-10-25-28(16-7-5-15(21)6-8-16)18(17)19(29)27(26-12)11-13-3-2-4-14(9-13)20(22,23)24/h2-10H,11H2,1H3. The molecule has 5 nitrogen and oxygen atoms in total. The molecule has 4 rings (SSSR count). The van der Waals surface area contributed by atoms with Gasteiger partial charge in [0.25, 0.3) is 5.56 Å². The van der Waals surface area contributed by atoms with Gasteiger partial charge in [0, 0.05) is 5.39 Å². The topological polar surface area (TPSA) is 52.7 Å². The lowest BCUT2D eigenvalue weighted by Gasteiger charge is -2.11. The molecule has 0 bridgehead atoms. The van der Waals surface area contributed by atoms with Gasteiger partial charge in [-0.2, -0.15) is 23.4 Å². The van der Waals surface area contributed by atoms with E-state index in [1.807, 2.05) is 0 Å². The Balaban J connectivity index is 1.83. The molecule has 0 aliphatic rings. The van der Waals surface area contributed by atoms with Crippen LogP contribution in [0, 0.1) is 12.7 Å². The van der Waals surface area contributed by atoms with Crippen molar-refractivity contribution in [2.75, 3.05) is 0 Å². The van der Waals surface area contributed by atoms with Crippen LogP contribution in [0.4, 0.5) is 17.6 Å². The summed E-state index contributed by atoms with van der Waals surface area (Å²) in [6, 6.07) is 10.2. The summed E-state index contributed by atoms with van der Waals surface area (Å²) >= 11 is 0. The van der Waals surface area contributed by atoms with Gasteiger partial charge in [-0.15, -0.1) is 0 Å². The van der Waals surface area contributed by atoms with Crippen LogP contribution in [0.15, 0.2) is 59.5 Å². The molecule has 0 aliphatic heterocycles. The second-order valence-electron chi connectivity index (χ2n) is 6.54. The van der Waals surface area contributed by atoms with E-state index in [4.69, 9.17) is 0 Å². The highest BCUT2D eigenvalue weighted by molar-refractivity contribution is 5.81. The van der Waals surface area contributed by atoms with Crippen LogP contribution < -0.4 is 5.56 Å². The zero-order valence-corrected chi connectivity index (χ0v) is 15.1. The molecular weight excluding hydrogens is 388 g/mol. The Morgan fingerprint density at radius 1 is 1.07 bits per heavy atom. The highest BCUT2D eigenvalue weighted by Crippen LogP contribution is 2.29. The maximum absolute atomic E-state index is 13.2. The minimum absolute atomic E-state index is 0.131. The molecule has 0 aliphatic carbocycles. The average molecular weight is 402 g/mol. The predicted octanol–water partition coefficient (Wildman–Crippen LogP) is 4.10. The van der Waals surface area contributed by atoms with E-state index >= 15 is 0 Å². The van der Waals surface area contributed by atoms with Crippen molar-refractivity contribution in [2.45, 2.75) is 19.6 Å². The summed E-state index contributed by atoms with van der Waals surface area (Å²) in [6.07, 6.45) is -2.99. The van der Waals surface area contributed by atoms with Crippen molar-refractivity contribution in [2.24, 2.45) is 0 Å². The third-order valence-electron chi connectivity index (χ3n) is 4.52. The lowest BCUT2D eigenvalue weighted by atomic mass is 10.1. The minimum Gasteiger partial charge on any atom is -0.265 e. The Kier molecular flexibility index (Phi) is 4.45. The van der Waals surface area contributed by atoms with Crippen molar-refractivity contribution >= 4 is 10.9 Å². The lowest BCUT2D eigenvalue weighted by molar-refractivity contribution is -0.137. The van der Waals surface area contributed by atoms with E-state index in [1.165, 1.54) is 47.3 Å². The van der Waals surface area contributed by atoms with Gasteiger partial charge in [0.15, 0.2) is 0 Å². The quantitative estimate of drug-likeness (QED) is 0.485. The summed E-state index contributed by atoms with van der Waals surface area (Å²) < 4.78 is 54.6. The molecule has 0 saturated carbocycles. The zero-order chi connectivity index (χ0) is 20.8. The van der Waals surface area contributed by atoms with Gasteiger partial charge in [0.05, 0.1) is 29.7 Å². The SMILES string of the molecule is Cc1nn(Cc2cccc(C(F)(F)F)c2)c(=O)c2c1cnn2-c1ccc(F)cc1.